The Labute approximate surface area is 374 Å². The molecule has 0 saturated heterocycles. The van der Waals surface area contributed by atoms with Gasteiger partial charge in [0.2, 0.25) is 0 Å². The molecule has 0 unspecified atom stereocenters. The van der Waals surface area contributed by atoms with Crippen LogP contribution in [-0.2, 0) is 40.5 Å². The average molecular weight is 864 g/mol. The zero-order valence-electron chi connectivity index (χ0n) is 37.8. The van der Waals surface area contributed by atoms with E-state index in [1.54, 1.807) is 24.4 Å². The zero-order chi connectivity index (χ0) is 43.3. The predicted molar refractivity (Wildman–Crippen MR) is 242 cm³/mol. The molecule has 13 nitrogen and oxygen atoms in total. The number of carbonyl (C=O) groups excluding carboxylic acids is 1. The minimum atomic E-state index is -1.09. The van der Waals surface area contributed by atoms with E-state index in [1.165, 1.54) is 42.0 Å². The Bertz CT molecular complexity index is 2340. The number of esters is 1. The number of aliphatic hydroxyl groups is 1. The number of ether oxygens (including phenoxy) is 3. The molecule has 0 aliphatic heterocycles. The number of rotatable bonds is 16. The maximum absolute atomic E-state index is 11.7. The second-order valence-electron chi connectivity index (χ2n) is 17.0. The van der Waals surface area contributed by atoms with Gasteiger partial charge >= 0.3 is 30.8 Å². The van der Waals surface area contributed by atoms with Crippen molar-refractivity contribution in [3.05, 3.63) is 124 Å². The Morgan fingerprint density at radius 2 is 1.18 bits per heavy atom. The number of hydrogen-bond acceptors (Lipinski definition) is 10. The summed E-state index contributed by atoms with van der Waals surface area (Å²) < 4.78 is 21.0. The Hall–Kier alpha value is -4.44. The number of carboxylic acid groups (broad SMARTS) is 1. The Balaban J connectivity index is 0.000000392. The van der Waals surface area contributed by atoms with Crippen LogP contribution in [0.2, 0.25) is 51.4 Å². The molecule has 0 amide bonds. The monoisotopic (exact) mass is 863 g/mol. The van der Waals surface area contributed by atoms with Crippen LogP contribution in [0.25, 0.3) is 21.9 Å². The molecule has 1 aromatic carbocycles. The normalized spacial score (nSPS) is 11.1. The molecule has 6 aromatic rings. The fourth-order valence-electron chi connectivity index (χ4n) is 6.34. The standard InChI is InChI=1S/C23H30N2O3Si.C21H27N3O3Si.CH4O.Li.H2O/c1-17-12-20-13-18(14-21-15-19(8-9-24-21)23(26)27-2)6-7-22(20)25(17)16-28-10-11-29(3,4)5;1-15-9-18-10-16(11-19-12-17(21(25)26)5-6-22-19)13-23-20(18)24(15)14-27-7-8-28(2,3)4;1-2;;/h6-9,12-13,15H,10-11,14,16H2,1-5H3;5-6,9-10,12-13H,7-8,11,14H2,1-4H3,(H,25,26);2H,1H3;;1H2/q;;;+1;/p-1. The molecule has 0 bridgehead atoms. The summed E-state index contributed by atoms with van der Waals surface area (Å²) in [6.45, 7) is 21.0. The molecule has 0 aliphatic carbocycles. The SMILES string of the molecule is CO.COC(=O)c1ccnc(Cc2ccc3c(c2)cc(C)n3COCC[Si](C)(C)C)c1.Cc1cc2cc(Cc3cc(C(=O)O)ccn3)cnc2n1COCC[Si](C)(C)C.[Li+].[OH-]. The minimum Gasteiger partial charge on any atom is -0.870 e. The van der Waals surface area contributed by atoms with Gasteiger partial charge in [0, 0.05) is 101 Å². The summed E-state index contributed by atoms with van der Waals surface area (Å²) in [7, 11) is 0.218. The fraction of sp³-hybridized carbons (Fsp3) is 0.400. The maximum atomic E-state index is 11.7. The van der Waals surface area contributed by atoms with E-state index in [9.17, 15) is 9.59 Å². The smallest absolute Gasteiger partial charge is 0.870 e. The number of aryl methyl sites for hydroxylation is 2. The van der Waals surface area contributed by atoms with Crippen LogP contribution in [-0.4, -0.2) is 95.3 Å². The first kappa shape index (κ1) is 52.7. The van der Waals surface area contributed by atoms with Crippen LogP contribution in [0.15, 0.2) is 79.3 Å². The van der Waals surface area contributed by atoms with Gasteiger partial charge in [0.05, 0.1) is 23.8 Å². The molecule has 0 radical (unpaired) electrons. The van der Waals surface area contributed by atoms with Crippen molar-refractivity contribution < 1.29 is 58.3 Å². The van der Waals surface area contributed by atoms with Gasteiger partial charge in [0.25, 0.3) is 0 Å². The van der Waals surface area contributed by atoms with Crippen molar-refractivity contribution in [2.24, 2.45) is 0 Å². The number of carbonyl (C=O) groups is 2. The summed E-state index contributed by atoms with van der Waals surface area (Å²) in [5, 5.41) is 18.4. The van der Waals surface area contributed by atoms with Crippen LogP contribution in [0.5, 0.6) is 0 Å². The number of pyridine rings is 3. The molecule has 0 atom stereocenters. The molecule has 324 valence electrons. The Kier molecular flexibility index (Phi) is 21.0. The van der Waals surface area contributed by atoms with Gasteiger partial charge in [-0.15, -0.1) is 0 Å². The number of aromatic nitrogens is 5. The van der Waals surface area contributed by atoms with E-state index in [0.29, 0.717) is 37.6 Å². The quantitative estimate of drug-likeness (QED) is 0.0681. The van der Waals surface area contributed by atoms with Crippen molar-refractivity contribution in [3.63, 3.8) is 0 Å². The molecule has 0 aliphatic rings. The Morgan fingerprint density at radius 3 is 1.75 bits per heavy atom. The molecular weight excluding hydrogens is 802 g/mol. The summed E-state index contributed by atoms with van der Waals surface area (Å²) in [4.78, 5) is 36.2. The molecule has 5 aromatic heterocycles. The van der Waals surface area contributed by atoms with Gasteiger partial charge in [-0.2, -0.15) is 0 Å². The number of nitrogens with zero attached hydrogens (tertiary/aromatic N) is 5. The van der Waals surface area contributed by atoms with E-state index in [4.69, 9.17) is 24.4 Å². The van der Waals surface area contributed by atoms with Gasteiger partial charge in [-0.1, -0.05) is 45.3 Å². The largest absolute Gasteiger partial charge is 1.00 e. The average Bonchev–Trinajstić information content (AvgIpc) is 3.68. The molecule has 0 fully saturated rings. The minimum absolute atomic E-state index is 0. The summed E-state index contributed by atoms with van der Waals surface area (Å²) in [6.07, 6.45) is 6.22. The molecule has 6 rings (SSSR count). The first-order valence-electron chi connectivity index (χ1n) is 19.8. The van der Waals surface area contributed by atoms with Crippen molar-refractivity contribution in [3.8, 4) is 0 Å². The van der Waals surface area contributed by atoms with Crippen molar-refractivity contribution in [2.45, 2.75) is 91.5 Å². The van der Waals surface area contributed by atoms with Crippen LogP contribution < -0.4 is 18.9 Å². The number of hydrogen-bond donors (Lipinski definition) is 2. The number of aliphatic hydroxyl groups excluding tert-OH is 1. The third-order valence-corrected chi connectivity index (χ3v) is 13.1. The third-order valence-electron chi connectivity index (χ3n) is 9.68. The van der Waals surface area contributed by atoms with Gasteiger partial charge in [-0.05, 0) is 91.7 Å². The van der Waals surface area contributed by atoms with E-state index in [1.807, 2.05) is 6.20 Å². The number of fused-ring (bicyclic) bond motifs is 2. The van der Waals surface area contributed by atoms with Crippen molar-refractivity contribution >= 4 is 50.0 Å². The van der Waals surface area contributed by atoms with Gasteiger partial charge in [0.1, 0.15) is 19.1 Å². The van der Waals surface area contributed by atoms with Gasteiger partial charge in [-0.3, -0.25) is 9.97 Å². The predicted octanol–water partition coefficient (Wildman–Crippen LogP) is 5.81. The first-order valence-corrected chi connectivity index (χ1v) is 27.3. The maximum Gasteiger partial charge on any atom is 1.00 e. The number of benzene rings is 1. The number of carboxylic acids is 1. The van der Waals surface area contributed by atoms with Crippen LogP contribution in [0, 0.1) is 13.8 Å². The van der Waals surface area contributed by atoms with Crippen molar-refractivity contribution in [1.82, 2.24) is 24.1 Å². The first-order chi connectivity index (χ1) is 28.0. The van der Waals surface area contributed by atoms with Crippen LogP contribution in [0.3, 0.4) is 0 Å². The summed E-state index contributed by atoms with van der Waals surface area (Å²) in [5.74, 6) is -1.29. The molecule has 61 heavy (non-hydrogen) atoms. The van der Waals surface area contributed by atoms with Gasteiger partial charge in [-0.25, -0.2) is 14.6 Å². The summed E-state index contributed by atoms with van der Waals surface area (Å²) in [6, 6.07) is 21.7. The molecule has 5 heterocycles. The Morgan fingerprint density at radius 1 is 0.672 bits per heavy atom. The van der Waals surface area contributed by atoms with E-state index < -0.39 is 22.1 Å². The van der Waals surface area contributed by atoms with Crippen LogP contribution in [0.1, 0.15) is 54.6 Å². The second-order valence-corrected chi connectivity index (χ2v) is 28.2. The zero-order valence-corrected chi connectivity index (χ0v) is 39.8. The van der Waals surface area contributed by atoms with E-state index in [0.717, 1.165) is 59.9 Å². The van der Waals surface area contributed by atoms with Crippen molar-refractivity contribution in [1.29, 1.82) is 0 Å². The summed E-state index contributed by atoms with van der Waals surface area (Å²) in [5.41, 5.74) is 8.87. The molecule has 3 N–H and O–H groups in total. The number of aromatic carboxylic acids is 1. The molecule has 0 spiro atoms. The van der Waals surface area contributed by atoms with Gasteiger partial charge < -0.3 is 39.0 Å². The third kappa shape index (κ3) is 16.1. The van der Waals surface area contributed by atoms with Crippen LogP contribution >= 0.6 is 0 Å². The fourth-order valence-corrected chi connectivity index (χ4v) is 7.85. The van der Waals surface area contributed by atoms with E-state index >= 15 is 0 Å². The van der Waals surface area contributed by atoms with E-state index in [2.05, 4.69) is 114 Å². The van der Waals surface area contributed by atoms with E-state index in [-0.39, 0.29) is 35.9 Å². The van der Waals surface area contributed by atoms with Crippen molar-refractivity contribution in [2.75, 3.05) is 27.4 Å². The van der Waals surface area contributed by atoms with Gasteiger partial charge in [0.15, 0.2) is 0 Å². The number of methoxy groups -OCH3 is 1. The topological polar surface area (TPSA) is 181 Å². The van der Waals surface area contributed by atoms with Crippen LogP contribution in [0.4, 0.5) is 0 Å². The molecular formula is C45H62LiN5O8Si2. The second kappa shape index (κ2) is 24.3. The molecule has 16 heteroatoms. The summed E-state index contributed by atoms with van der Waals surface area (Å²) >= 11 is 0. The molecule has 0 saturated carbocycles.